The summed E-state index contributed by atoms with van der Waals surface area (Å²) in [4.78, 5) is 19.8. The third kappa shape index (κ3) is 4.77. The zero-order chi connectivity index (χ0) is 25.3. The van der Waals surface area contributed by atoms with Crippen molar-refractivity contribution in [1.29, 1.82) is 0 Å². The number of aromatic amines is 1. The van der Waals surface area contributed by atoms with Crippen LogP contribution >= 0.6 is 0 Å². The summed E-state index contributed by atoms with van der Waals surface area (Å²) >= 11 is 0. The highest BCUT2D eigenvalue weighted by molar-refractivity contribution is 7.90. The Morgan fingerprint density at radius 1 is 0.861 bits per heavy atom. The van der Waals surface area contributed by atoms with Crippen molar-refractivity contribution in [2.24, 2.45) is 5.73 Å². The highest BCUT2D eigenvalue weighted by Gasteiger charge is 2.17. The van der Waals surface area contributed by atoms with Crippen molar-refractivity contribution in [3.05, 3.63) is 96.7 Å². The molecule has 180 valence electrons. The van der Waals surface area contributed by atoms with Crippen LogP contribution in [0.2, 0.25) is 0 Å². The van der Waals surface area contributed by atoms with Crippen molar-refractivity contribution in [1.82, 2.24) is 9.97 Å². The third-order valence-corrected chi connectivity index (χ3v) is 6.61. The number of aromatic nitrogens is 2. The molecule has 2 aromatic heterocycles. The molecule has 8 nitrogen and oxygen atoms in total. The first-order valence-corrected chi connectivity index (χ1v) is 12.8. The summed E-state index contributed by atoms with van der Waals surface area (Å²) in [7, 11) is -3.34. The Labute approximate surface area is 207 Å². The Morgan fingerprint density at radius 3 is 2.28 bits per heavy atom. The number of carbonyl (C=O) groups excluding carboxylic acids is 1. The van der Waals surface area contributed by atoms with Gasteiger partial charge in [0, 0.05) is 29.4 Å². The van der Waals surface area contributed by atoms with E-state index in [4.69, 9.17) is 15.2 Å². The van der Waals surface area contributed by atoms with Crippen LogP contribution in [-0.4, -0.2) is 30.5 Å². The Morgan fingerprint density at radius 2 is 1.58 bits per heavy atom. The largest absolute Gasteiger partial charge is 0.453 e. The van der Waals surface area contributed by atoms with E-state index >= 15 is 0 Å². The molecule has 0 unspecified atom stereocenters. The first kappa shape index (κ1) is 23.1. The third-order valence-electron chi connectivity index (χ3n) is 5.48. The number of H-pyrrole nitrogens is 1. The van der Waals surface area contributed by atoms with E-state index in [1.165, 1.54) is 12.1 Å². The van der Waals surface area contributed by atoms with Crippen LogP contribution in [0.15, 0.2) is 96.0 Å². The molecule has 9 heteroatoms. The molecule has 2 heterocycles. The molecule has 0 aliphatic rings. The van der Waals surface area contributed by atoms with Crippen LogP contribution in [0, 0.1) is 0 Å². The number of sulfone groups is 1. The number of nitrogens with two attached hydrogens (primary N) is 1. The summed E-state index contributed by atoms with van der Waals surface area (Å²) in [5.41, 5.74) is 8.10. The fraction of sp³-hybridized carbons (Fsp3) is 0.0370. The number of carbonyl (C=O) groups is 1. The van der Waals surface area contributed by atoms with Crippen LogP contribution in [0.5, 0.6) is 23.0 Å². The molecule has 0 aliphatic heterocycles. The van der Waals surface area contributed by atoms with Gasteiger partial charge in [0.1, 0.15) is 11.5 Å². The highest BCUT2D eigenvalue weighted by atomic mass is 32.2. The van der Waals surface area contributed by atoms with E-state index in [1.807, 2.05) is 24.3 Å². The highest BCUT2D eigenvalue weighted by Crippen LogP contribution is 2.40. The first-order chi connectivity index (χ1) is 17.3. The van der Waals surface area contributed by atoms with Crippen molar-refractivity contribution in [3.8, 4) is 34.4 Å². The number of amides is 1. The van der Waals surface area contributed by atoms with Crippen molar-refractivity contribution in [2.45, 2.75) is 4.90 Å². The van der Waals surface area contributed by atoms with Crippen LogP contribution in [-0.2, 0) is 9.84 Å². The van der Waals surface area contributed by atoms with Gasteiger partial charge in [0.2, 0.25) is 0 Å². The minimum absolute atomic E-state index is 0.183. The minimum atomic E-state index is -3.34. The van der Waals surface area contributed by atoms with E-state index in [1.54, 1.807) is 54.7 Å². The Hall–Kier alpha value is -4.63. The molecule has 0 atom stereocenters. The number of nitrogens with one attached hydrogen (secondary N) is 1. The Kier molecular flexibility index (Phi) is 5.91. The normalized spacial score (nSPS) is 11.4. The number of hydrogen-bond donors (Lipinski definition) is 2. The smallest absolute Gasteiger partial charge is 0.252 e. The zero-order valence-corrected chi connectivity index (χ0v) is 20.0. The van der Waals surface area contributed by atoms with Crippen LogP contribution in [0.3, 0.4) is 0 Å². The molecule has 0 spiro atoms. The fourth-order valence-electron chi connectivity index (χ4n) is 3.72. The van der Waals surface area contributed by atoms with Gasteiger partial charge in [-0.1, -0.05) is 18.2 Å². The number of ether oxygens (including phenoxy) is 2. The maximum absolute atomic E-state index is 11.9. The van der Waals surface area contributed by atoms with Crippen LogP contribution in [0.1, 0.15) is 10.4 Å². The molecule has 0 saturated carbocycles. The van der Waals surface area contributed by atoms with Crippen molar-refractivity contribution in [2.75, 3.05) is 6.26 Å². The number of fused-ring (bicyclic) bond motifs is 1. The van der Waals surface area contributed by atoms with Gasteiger partial charge in [-0.05, 0) is 60.7 Å². The van der Waals surface area contributed by atoms with Gasteiger partial charge in [-0.15, -0.1) is 0 Å². The van der Waals surface area contributed by atoms with Crippen molar-refractivity contribution < 1.29 is 22.7 Å². The van der Waals surface area contributed by atoms with Crippen LogP contribution in [0.25, 0.3) is 22.3 Å². The van der Waals surface area contributed by atoms with Crippen molar-refractivity contribution in [3.63, 3.8) is 0 Å². The van der Waals surface area contributed by atoms with Crippen LogP contribution in [0.4, 0.5) is 0 Å². The molecular weight excluding hydrogens is 478 g/mol. The summed E-state index contributed by atoms with van der Waals surface area (Å²) < 4.78 is 35.8. The molecule has 36 heavy (non-hydrogen) atoms. The second-order valence-corrected chi connectivity index (χ2v) is 10.1. The Bertz CT molecular complexity index is 1680. The molecule has 3 N–H and O–H groups in total. The summed E-state index contributed by atoms with van der Waals surface area (Å²) in [6.45, 7) is 0. The molecule has 0 radical (unpaired) electrons. The second-order valence-electron chi connectivity index (χ2n) is 8.09. The van der Waals surface area contributed by atoms with Crippen molar-refractivity contribution >= 4 is 26.6 Å². The number of pyridine rings is 1. The minimum Gasteiger partial charge on any atom is -0.453 e. The number of para-hydroxylation sites is 1. The second kappa shape index (κ2) is 9.20. The number of primary amides is 1. The van der Waals surface area contributed by atoms with Gasteiger partial charge in [0.25, 0.3) is 5.91 Å². The van der Waals surface area contributed by atoms with Gasteiger partial charge in [0.15, 0.2) is 21.3 Å². The van der Waals surface area contributed by atoms with E-state index in [0.717, 1.165) is 28.5 Å². The number of hydrogen-bond acceptors (Lipinski definition) is 6. The average molecular weight is 500 g/mol. The zero-order valence-electron chi connectivity index (χ0n) is 19.1. The molecule has 0 fully saturated rings. The average Bonchev–Trinajstić information content (AvgIpc) is 3.27. The molecule has 3 aromatic carbocycles. The summed E-state index contributed by atoms with van der Waals surface area (Å²) in [5.74, 6) is 0.759. The SMILES string of the molecule is CS(=O)(=O)c1ccc(Oc2cc3cc(-c4ccccn4)[nH]c3cc2Oc2ccccc2C(N)=O)cc1. The molecule has 1 amide bonds. The van der Waals surface area contributed by atoms with Gasteiger partial charge in [-0.2, -0.15) is 0 Å². The van der Waals surface area contributed by atoms with E-state index in [2.05, 4.69) is 9.97 Å². The lowest BCUT2D eigenvalue weighted by atomic mass is 10.2. The molecule has 5 rings (SSSR count). The predicted octanol–water partition coefficient (Wildman–Crippen LogP) is 5.32. The lowest BCUT2D eigenvalue weighted by molar-refractivity contribution is 0.0998. The van der Waals surface area contributed by atoms with Gasteiger partial charge < -0.3 is 20.2 Å². The summed E-state index contributed by atoms with van der Waals surface area (Å²) in [6.07, 6.45) is 2.86. The monoisotopic (exact) mass is 499 g/mol. The molecule has 5 aromatic rings. The predicted molar refractivity (Wildman–Crippen MR) is 136 cm³/mol. The summed E-state index contributed by atoms with van der Waals surface area (Å²) in [5, 5.41) is 0.842. The fourth-order valence-corrected chi connectivity index (χ4v) is 4.35. The topological polar surface area (TPSA) is 124 Å². The van der Waals surface area contributed by atoms with E-state index in [0.29, 0.717) is 17.2 Å². The Balaban J connectivity index is 1.59. The van der Waals surface area contributed by atoms with Crippen LogP contribution < -0.4 is 15.2 Å². The number of nitrogens with zero attached hydrogens (tertiary/aromatic N) is 1. The van der Waals surface area contributed by atoms with Gasteiger partial charge in [0.05, 0.1) is 21.8 Å². The quantitative estimate of drug-likeness (QED) is 0.312. The molecule has 0 bridgehead atoms. The standard InChI is InChI=1S/C27H21N3O5S/c1-36(32,33)19-11-9-18(10-12-19)34-25-15-17-14-23(21-7-4-5-13-29-21)30-22(17)16-26(25)35-24-8-3-2-6-20(24)27(28)31/h2-16,30H,1H3,(H2,28,31). The maximum atomic E-state index is 11.9. The van der Waals surface area contributed by atoms with Gasteiger partial charge >= 0.3 is 0 Å². The van der Waals surface area contributed by atoms with E-state index in [9.17, 15) is 13.2 Å². The van der Waals surface area contributed by atoms with Gasteiger partial charge in [-0.25, -0.2) is 8.42 Å². The van der Waals surface area contributed by atoms with Gasteiger partial charge in [-0.3, -0.25) is 9.78 Å². The van der Waals surface area contributed by atoms with E-state index < -0.39 is 15.7 Å². The molecule has 0 aliphatic carbocycles. The number of benzene rings is 3. The lowest BCUT2D eigenvalue weighted by Gasteiger charge is -2.14. The number of rotatable bonds is 7. The maximum Gasteiger partial charge on any atom is 0.252 e. The molecular formula is C27H21N3O5S. The lowest BCUT2D eigenvalue weighted by Crippen LogP contribution is -2.12. The van der Waals surface area contributed by atoms with E-state index in [-0.39, 0.29) is 16.2 Å². The summed E-state index contributed by atoms with van der Waals surface area (Å²) in [6, 6.07) is 23.9. The first-order valence-electron chi connectivity index (χ1n) is 10.9. The molecule has 0 saturated heterocycles.